The number of Topliss-reactive ketones (excluding diaryl/α,β-unsaturated/α-hetero) is 1. The first kappa shape index (κ1) is 17.1. The van der Waals surface area contributed by atoms with Crippen molar-refractivity contribution < 1.29 is 9.18 Å². The highest BCUT2D eigenvalue weighted by Crippen LogP contribution is 2.38. The summed E-state index contributed by atoms with van der Waals surface area (Å²) in [5.41, 5.74) is 4.70. The Kier molecular flexibility index (Phi) is 4.42. The summed E-state index contributed by atoms with van der Waals surface area (Å²) in [7, 11) is 0. The maximum Gasteiger partial charge on any atom is 0.210 e. The normalized spacial score (nSPS) is 18.9. The summed E-state index contributed by atoms with van der Waals surface area (Å²) in [6.07, 6.45) is 0. The van der Waals surface area contributed by atoms with Crippen molar-refractivity contribution in [1.29, 1.82) is 0 Å². The molecular formula is C18H14ClFN4OS. The number of hydrogen-bond donors (Lipinski definition) is 1. The van der Waals surface area contributed by atoms with E-state index in [1.54, 1.807) is 16.8 Å². The molecule has 26 heavy (non-hydrogen) atoms. The first-order valence-corrected chi connectivity index (χ1v) is 9.19. The van der Waals surface area contributed by atoms with Crippen molar-refractivity contribution in [2.45, 2.75) is 23.4 Å². The second-order valence-corrected chi connectivity index (χ2v) is 7.48. The molecule has 0 radical (unpaired) electrons. The number of ketones is 1. The number of thioether (sulfide) groups is 1. The number of fused-ring (bicyclic) bond motifs is 1. The molecule has 3 aromatic rings. The largest absolute Gasteiger partial charge is 0.313 e. The lowest BCUT2D eigenvalue weighted by Crippen LogP contribution is -2.39. The van der Waals surface area contributed by atoms with Crippen LogP contribution >= 0.6 is 23.4 Å². The van der Waals surface area contributed by atoms with Crippen LogP contribution in [0, 0.1) is 12.7 Å². The van der Waals surface area contributed by atoms with Crippen molar-refractivity contribution in [2.75, 3.05) is 5.43 Å². The van der Waals surface area contributed by atoms with E-state index in [2.05, 4.69) is 15.6 Å². The number of halogens is 2. The fourth-order valence-electron chi connectivity index (χ4n) is 2.86. The van der Waals surface area contributed by atoms with Crippen LogP contribution in [0.3, 0.4) is 0 Å². The van der Waals surface area contributed by atoms with Crippen LogP contribution in [0.5, 0.6) is 0 Å². The molecule has 1 aliphatic heterocycles. The van der Waals surface area contributed by atoms with Crippen molar-refractivity contribution in [2.24, 2.45) is 0 Å². The van der Waals surface area contributed by atoms with Gasteiger partial charge in [0, 0.05) is 10.6 Å². The van der Waals surface area contributed by atoms with E-state index in [9.17, 15) is 9.18 Å². The van der Waals surface area contributed by atoms with Crippen LogP contribution < -0.4 is 5.43 Å². The highest BCUT2D eigenvalue weighted by Gasteiger charge is 2.37. The van der Waals surface area contributed by atoms with Crippen molar-refractivity contribution >= 4 is 29.1 Å². The molecule has 2 atom stereocenters. The summed E-state index contributed by atoms with van der Waals surface area (Å²) in [6.45, 7) is 1.84. The lowest BCUT2D eigenvalue weighted by atomic mass is 9.97. The van der Waals surface area contributed by atoms with Crippen molar-refractivity contribution in [1.82, 2.24) is 14.9 Å². The molecule has 0 saturated carbocycles. The summed E-state index contributed by atoms with van der Waals surface area (Å²) >= 11 is 7.34. The zero-order valence-electron chi connectivity index (χ0n) is 13.7. The third kappa shape index (κ3) is 3.08. The highest BCUT2D eigenvalue weighted by molar-refractivity contribution is 8.00. The number of hydrogen-bond acceptors (Lipinski definition) is 5. The third-order valence-electron chi connectivity index (χ3n) is 4.21. The molecule has 2 heterocycles. The van der Waals surface area contributed by atoms with E-state index >= 15 is 0 Å². The minimum absolute atomic E-state index is 0.102. The van der Waals surface area contributed by atoms with Gasteiger partial charge in [-0.1, -0.05) is 35.5 Å². The second-order valence-electron chi connectivity index (χ2n) is 5.93. The molecule has 1 aliphatic rings. The summed E-state index contributed by atoms with van der Waals surface area (Å²) in [5, 5.41) is 8.95. The van der Waals surface area contributed by atoms with Crippen LogP contribution in [0.2, 0.25) is 5.02 Å². The molecule has 5 nitrogen and oxygen atoms in total. The van der Waals surface area contributed by atoms with Gasteiger partial charge in [0.1, 0.15) is 16.9 Å². The average Bonchev–Trinajstić information content (AvgIpc) is 3.02. The quantitative estimate of drug-likeness (QED) is 0.687. The molecule has 0 amide bonds. The maximum atomic E-state index is 13.2. The number of nitrogens with one attached hydrogen (secondary N) is 1. The van der Waals surface area contributed by atoms with E-state index in [1.165, 1.54) is 36.0 Å². The van der Waals surface area contributed by atoms with Crippen LogP contribution in [-0.4, -0.2) is 25.9 Å². The van der Waals surface area contributed by atoms with Gasteiger partial charge < -0.3 is 5.43 Å². The van der Waals surface area contributed by atoms with Crippen LogP contribution in [-0.2, 0) is 0 Å². The van der Waals surface area contributed by atoms with Crippen molar-refractivity contribution in [3.63, 3.8) is 0 Å². The minimum Gasteiger partial charge on any atom is -0.313 e. The van der Waals surface area contributed by atoms with Gasteiger partial charge in [0.05, 0.1) is 6.04 Å². The predicted molar refractivity (Wildman–Crippen MR) is 98.7 cm³/mol. The maximum absolute atomic E-state index is 13.2. The van der Waals surface area contributed by atoms with Gasteiger partial charge in [-0.2, -0.15) is 0 Å². The highest BCUT2D eigenvalue weighted by atomic mass is 35.5. The molecule has 0 bridgehead atoms. The number of aryl methyl sites for hydroxylation is 1. The molecule has 0 fully saturated rings. The molecule has 8 heteroatoms. The van der Waals surface area contributed by atoms with Gasteiger partial charge in [0.2, 0.25) is 5.16 Å². The number of carbonyl (C=O) groups is 1. The van der Waals surface area contributed by atoms with E-state index in [4.69, 9.17) is 11.6 Å². The molecule has 1 N–H and O–H groups in total. The van der Waals surface area contributed by atoms with E-state index in [1.807, 2.05) is 19.1 Å². The van der Waals surface area contributed by atoms with Crippen LogP contribution in [0.25, 0.3) is 0 Å². The molecule has 132 valence electrons. The van der Waals surface area contributed by atoms with Gasteiger partial charge in [-0.25, -0.2) is 9.07 Å². The fraction of sp³-hybridized carbons (Fsp3) is 0.167. The Morgan fingerprint density at radius 2 is 1.85 bits per heavy atom. The summed E-state index contributed by atoms with van der Waals surface area (Å²) < 4.78 is 15.0. The van der Waals surface area contributed by atoms with Crippen molar-refractivity contribution in [3.05, 3.63) is 76.3 Å². The molecule has 0 aliphatic carbocycles. The van der Waals surface area contributed by atoms with Crippen molar-refractivity contribution in [3.8, 4) is 0 Å². The molecule has 2 unspecified atom stereocenters. The first-order chi connectivity index (χ1) is 12.5. The van der Waals surface area contributed by atoms with Gasteiger partial charge in [-0.15, -0.1) is 10.2 Å². The lowest BCUT2D eigenvalue weighted by molar-refractivity contribution is 0.0980. The Hall–Kier alpha value is -2.38. The topological polar surface area (TPSA) is 59.8 Å². The van der Waals surface area contributed by atoms with Gasteiger partial charge in [0.15, 0.2) is 5.78 Å². The van der Waals surface area contributed by atoms with Crippen LogP contribution in [0.15, 0.2) is 53.7 Å². The standard InChI is InChI=1S/C18H14ClFN4OS/c1-10-21-22-18-24(10)23-15(11-2-6-13(19)7-3-11)17(26-18)16(25)12-4-8-14(20)9-5-12/h2-9,15,17,23H,1H3. The first-order valence-electron chi connectivity index (χ1n) is 7.93. The van der Waals surface area contributed by atoms with E-state index in [0.29, 0.717) is 21.6 Å². The number of benzene rings is 2. The Morgan fingerprint density at radius 1 is 1.15 bits per heavy atom. The zero-order valence-corrected chi connectivity index (χ0v) is 15.3. The minimum atomic E-state index is -0.474. The molecule has 1 aromatic heterocycles. The Labute approximate surface area is 158 Å². The number of rotatable bonds is 3. The average molecular weight is 389 g/mol. The van der Waals surface area contributed by atoms with E-state index in [0.717, 1.165) is 5.56 Å². The van der Waals surface area contributed by atoms with Gasteiger partial charge in [0.25, 0.3) is 0 Å². The van der Waals surface area contributed by atoms with E-state index in [-0.39, 0.29) is 17.6 Å². The van der Waals surface area contributed by atoms with E-state index < -0.39 is 5.25 Å². The SMILES string of the molecule is Cc1nnc2n1NC(c1ccc(Cl)cc1)C(C(=O)c1ccc(F)cc1)S2. The van der Waals surface area contributed by atoms with Gasteiger partial charge in [-0.05, 0) is 48.9 Å². The number of aromatic nitrogens is 3. The molecular weight excluding hydrogens is 375 g/mol. The Balaban J connectivity index is 1.74. The fourth-order valence-corrected chi connectivity index (χ4v) is 4.19. The van der Waals surface area contributed by atoms with Crippen LogP contribution in [0.1, 0.15) is 27.8 Å². The van der Waals surface area contributed by atoms with Crippen LogP contribution in [0.4, 0.5) is 4.39 Å². The number of carbonyl (C=O) groups excluding carboxylic acids is 1. The number of nitrogens with zero attached hydrogens (tertiary/aromatic N) is 3. The molecule has 0 spiro atoms. The zero-order chi connectivity index (χ0) is 18.3. The lowest BCUT2D eigenvalue weighted by Gasteiger charge is -2.32. The van der Waals surface area contributed by atoms with Gasteiger partial charge in [-0.3, -0.25) is 4.79 Å². The molecule has 2 aromatic carbocycles. The smallest absolute Gasteiger partial charge is 0.210 e. The van der Waals surface area contributed by atoms with Gasteiger partial charge >= 0.3 is 0 Å². The Bertz CT molecular complexity index is 958. The summed E-state index contributed by atoms with van der Waals surface area (Å²) in [4.78, 5) is 13.1. The monoisotopic (exact) mass is 388 g/mol. The third-order valence-corrected chi connectivity index (χ3v) is 5.68. The summed E-state index contributed by atoms with van der Waals surface area (Å²) in [6, 6.07) is 12.6. The molecule has 0 saturated heterocycles. The second kappa shape index (κ2) is 6.74. The summed E-state index contributed by atoms with van der Waals surface area (Å²) in [5.74, 6) is 0.231. The Morgan fingerprint density at radius 3 is 2.54 bits per heavy atom. The molecule has 4 rings (SSSR count). The predicted octanol–water partition coefficient (Wildman–Crippen LogP) is 4.02.